The Morgan fingerprint density at radius 2 is 2.12 bits per heavy atom. The minimum Gasteiger partial charge on any atom is -0.333 e. The van der Waals surface area contributed by atoms with Crippen molar-refractivity contribution in [2.24, 2.45) is 5.10 Å². The van der Waals surface area contributed by atoms with Gasteiger partial charge in [0.1, 0.15) is 6.54 Å². The number of amides is 1. The second kappa shape index (κ2) is 6.99. The molecule has 0 saturated carbocycles. The summed E-state index contributed by atoms with van der Waals surface area (Å²) in [6.45, 7) is 0.253. The first-order chi connectivity index (χ1) is 11.7. The van der Waals surface area contributed by atoms with Crippen LogP contribution in [0.25, 0.3) is 10.9 Å². The number of fused-ring (bicyclic) bond motifs is 1. The molecule has 1 N–H and O–H groups in total. The summed E-state index contributed by atoms with van der Waals surface area (Å²) in [7, 11) is 0. The first-order valence-corrected chi connectivity index (χ1v) is 7.60. The Morgan fingerprint density at radius 3 is 2.92 bits per heavy atom. The first-order valence-electron chi connectivity index (χ1n) is 7.23. The minimum atomic E-state index is -0.338. The number of hydrazone groups is 1. The van der Waals surface area contributed by atoms with Crippen molar-refractivity contribution in [1.82, 2.24) is 9.99 Å². The lowest BCUT2D eigenvalue weighted by Crippen LogP contribution is -2.17. The van der Waals surface area contributed by atoms with Gasteiger partial charge in [-0.1, -0.05) is 35.9 Å². The zero-order valence-electron chi connectivity index (χ0n) is 12.6. The molecule has 118 valence electrons. The van der Waals surface area contributed by atoms with Crippen LogP contribution < -0.4 is 5.43 Å². The van der Waals surface area contributed by atoms with Crippen LogP contribution in [0.15, 0.2) is 59.8 Å². The molecule has 0 aliphatic rings. The Morgan fingerprint density at radius 1 is 1.29 bits per heavy atom. The Balaban J connectivity index is 1.81. The van der Waals surface area contributed by atoms with Gasteiger partial charge in [-0.2, -0.15) is 10.4 Å². The van der Waals surface area contributed by atoms with E-state index in [-0.39, 0.29) is 12.5 Å². The Labute approximate surface area is 143 Å². The van der Waals surface area contributed by atoms with Crippen LogP contribution in [0.3, 0.4) is 0 Å². The fourth-order valence-corrected chi connectivity index (χ4v) is 2.63. The fourth-order valence-electron chi connectivity index (χ4n) is 2.44. The first kappa shape index (κ1) is 15.8. The molecule has 0 aliphatic carbocycles. The molecule has 1 aromatic heterocycles. The summed E-state index contributed by atoms with van der Waals surface area (Å²) in [5.41, 5.74) is 4.69. The Hall–Kier alpha value is -3.10. The maximum atomic E-state index is 12.0. The van der Waals surface area contributed by atoms with Gasteiger partial charge in [0, 0.05) is 33.2 Å². The van der Waals surface area contributed by atoms with Crippen molar-refractivity contribution in [2.45, 2.75) is 6.54 Å². The minimum absolute atomic E-state index is 0.253. The number of carbonyl (C=O) groups excluding carboxylic acids is 1. The SMILES string of the molecule is N#CCn1cc(C=NNC(=O)c2cccc(Cl)c2)c2ccccc21. The quantitative estimate of drug-likeness (QED) is 0.584. The Kier molecular flexibility index (Phi) is 4.59. The second-order valence-electron chi connectivity index (χ2n) is 5.10. The third-order valence-corrected chi connectivity index (χ3v) is 3.75. The molecular weight excluding hydrogens is 324 g/mol. The van der Waals surface area contributed by atoms with Crippen LogP contribution in [-0.2, 0) is 6.54 Å². The van der Waals surface area contributed by atoms with Gasteiger partial charge in [-0.05, 0) is 24.3 Å². The molecule has 3 aromatic rings. The average molecular weight is 337 g/mol. The summed E-state index contributed by atoms with van der Waals surface area (Å²) >= 11 is 5.87. The number of benzene rings is 2. The van der Waals surface area contributed by atoms with Gasteiger partial charge in [0.2, 0.25) is 0 Å². The van der Waals surface area contributed by atoms with Gasteiger partial charge in [-0.15, -0.1) is 0 Å². The molecule has 0 unspecified atom stereocenters. The summed E-state index contributed by atoms with van der Waals surface area (Å²) in [6, 6.07) is 16.5. The van der Waals surface area contributed by atoms with E-state index in [2.05, 4.69) is 16.6 Å². The number of para-hydroxylation sites is 1. The number of nitrogens with zero attached hydrogens (tertiary/aromatic N) is 3. The maximum absolute atomic E-state index is 12.0. The van der Waals surface area contributed by atoms with Crippen LogP contribution in [0.5, 0.6) is 0 Å². The largest absolute Gasteiger partial charge is 0.333 e. The third kappa shape index (κ3) is 3.29. The average Bonchev–Trinajstić information content (AvgIpc) is 2.93. The van der Waals surface area contributed by atoms with E-state index < -0.39 is 0 Å². The van der Waals surface area contributed by atoms with E-state index in [0.717, 1.165) is 16.5 Å². The smallest absolute Gasteiger partial charge is 0.271 e. The summed E-state index contributed by atoms with van der Waals surface area (Å²) < 4.78 is 1.84. The van der Waals surface area contributed by atoms with Gasteiger partial charge in [0.05, 0.1) is 12.3 Å². The van der Waals surface area contributed by atoms with E-state index >= 15 is 0 Å². The van der Waals surface area contributed by atoms with Crippen LogP contribution in [0.4, 0.5) is 0 Å². The molecule has 5 nitrogen and oxygen atoms in total. The molecule has 1 heterocycles. The monoisotopic (exact) mass is 336 g/mol. The number of carbonyl (C=O) groups is 1. The molecule has 24 heavy (non-hydrogen) atoms. The molecule has 0 spiro atoms. The van der Waals surface area contributed by atoms with Gasteiger partial charge in [0.25, 0.3) is 5.91 Å². The lowest BCUT2D eigenvalue weighted by molar-refractivity contribution is 0.0955. The van der Waals surface area contributed by atoms with Crippen molar-refractivity contribution < 1.29 is 4.79 Å². The number of rotatable bonds is 4. The van der Waals surface area contributed by atoms with E-state index in [0.29, 0.717) is 10.6 Å². The molecule has 3 rings (SSSR count). The molecule has 0 aliphatic heterocycles. The zero-order chi connectivity index (χ0) is 16.9. The number of hydrogen-bond acceptors (Lipinski definition) is 3. The second-order valence-corrected chi connectivity index (χ2v) is 5.53. The molecule has 6 heteroatoms. The molecule has 0 bridgehead atoms. The normalized spacial score (nSPS) is 10.8. The molecule has 0 saturated heterocycles. The lowest BCUT2D eigenvalue weighted by atomic mass is 10.2. The van der Waals surface area contributed by atoms with Crippen molar-refractivity contribution in [3.63, 3.8) is 0 Å². The number of nitrogens with one attached hydrogen (secondary N) is 1. The van der Waals surface area contributed by atoms with Gasteiger partial charge >= 0.3 is 0 Å². The summed E-state index contributed by atoms with van der Waals surface area (Å²) in [5, 5.41) is 14.4. The van der Waals surface area contributed by atoms with Gasteiger partial charge in [0.15, 0.2) is 0 Å². The molecular formula is C18H13ClN4O. The van der Waals surface area contributed by atoms with E-state index in [1.54, 1.807) is 30.5 Å². The number of aromatic nitrogens is 1. The van der Waals surface area contributed by atoms with Crippen LogP contribution in [-0.4, -0.2) is 16.7 Å². The maximum Gasteiger partial charge on any atom is 0.271 e. The highest BCUT2D eigenvalue weighted by molar-refractivity contribution is 6.30. The number of hydrogen-bond donors (Lipinski definition) is 1. The van der Waals surface area contributed by atoms with Crippen molar-refractivity contribution in [1.29, 1.82) is 5.26 Å². The van der Waals surface area contributed by atoms with Crippen molar-refractivity contribution in [3.8, 4) is 6.07 Å². The number of halogens is 1. The summed E-state index contributed by atoms with van der Waals surface area (Å²) in [6.07, 6.45) is 3.40. The predicted octanol–water partition coefficient (Wildman–Crippen LogP) is 3.58. The molecule has 0 radical (unpaired) electrons. The van der Waals surface area contributed by atoms with Crippen molar-refractivity contribution in [3.05, 3.63) is 70.9 Å². The predicted molar refractivity (Wildman–Crippen MR) is 94.1 cm³/mol. The van der Waals surface area contributed by atoms with Crippen molar-refractivity contribution >= 4 is 34.6 Å². The van der Waals surface area contributed by atoms with Gasteiger partial charge in [-0.25, -0.2) is 5.43 Å². The number of nitriles is 1. The molecule has 0 fully saturated rings. The van der Waals surface area contributed by atoms with Crippen LogP contribution in [0, 0.1) is 11.3 Å². The van der Waals surface area contributed by atoms with Crippen LogP contribution >= 0.6 is 11.6 Å². The summed E-state index contributed by atoms with van der Waals surface area (Å²) in [5.74, 6) is -0.338. The standard InChI is InChI=1S/C18H13ClN4O/c19-15-5-3-4-13(10-15)18(24)22-21-11-14-12-23(9-8-20)17-7-2-1-6-16(14)17/h1-7,10-12H,9H2,(H,22,24). The zero-order valence-corrected chi connectivity index (χ0v) is 13.4. The summed E-state index contributed by atoms with van der Waals surface area (Å²) in [4.78, 5) is 12.0. The van der Waals surface area contributed by atoms with Gasteiger partial charge < -0.3 is 4.57 Å². The Bertz CT molecular complexity index is 969. The fraction of sp³-hybridized carbons (Fsp3) is 0.0556. The highest BCUT2D eigenvalue weighted by Crippen LogP contribution is 2.19. The van der Waals surface area contributed by atoms with Crippen molar-refractivity contribution in [2.75, 3.05) is 0 Å². The van der Waals surface area contributed by atoms with Crippen LogP contribution in [0.1, 0.15) is 15.9 Å². The highest BCUT2D eigenvalue weighted by atomic mass is 35.5. The van der Waals surface area contributed by atoms with E-state index in [1.165, 1.54) is 0 Å². The molecule has 1 amide bonds. The topological polar surface area (TPSA) is 70.2 Å². The highest BCUT2D eigenvalue weighted by Gasteiger charge is 2.07. The third-order valence-electron chi connectivity index (χ3n) is 3.52. The van der Waals surface area contributed by atoms with E-state index in [9.17, 15) is 4.79 Å². The van der Waals surface area contributed by atoms with Gasteiger partial charge in [-0.3, -0.25) is 4.79 Å². The molecule has 0 atom stereocenters. The van der Waals surface area contributed by atoms with Crippen LogP contribution in [0.2, 0.25) is 5.02 Å². The lowest BCUT2D eigenvalue weighted by Gasteiger charge is -1.99. The van der Waals surface area contributed by atoms with E-state index in [1.807, 2.05) is 35.0 Å². The van der Waals surface area contributed by atoms with E-state index in [4.69, 9.17) is 16.9 Å². The molecule has 2 aromatic carbocycles.